The van der Waals surface area contributed by atoms with Gasteiger partial charge in [-0.05, 0) is 88.5 Å². The van der Waals surface area contributed by atoms with E-state index >= 15 is 0 Å². The standard InChI is InChI=1S/C25H18N4.C15H14N2S.C11H10N2O/c1-28-21-11-5-4-10-20(21)25-27-26-24(29(25)23-13-7-6-12-22(23)28)19-15-14-17-8-2-3-9-18(17)16-19;1-17-13-9-5-3-7-11(13)15(18-2)16-12-8-4-6-10-14(12)17;12-13-11(14)10-6-5-8-3-1-2-4-9(8)7-10/h2-16H,1H3;3-10H,1-2H3;1-7H,12H2,(H,13,14). The Morgan fingerprint density at radius 3 is 1.72 bits per heavy atom. The van der Waals surface area contributed by atoms with Crippen LogP contribution in [0, 0.1) is 0 Å². The number of anilines is 4. The Labute approximate surface area is 358 Å². The van der Waals surface area contributed by atoms with Crippen LogP contribution in [0.25, 0.3) is 50.0 Å². The molecule has 0 saturated carbocycles. The van der Waals surface area contributed by atoms with Gasteiger partial charge in [0.2, 0.25) is 0 Å². The zero-order valence-electron chi connectivity index (χ0n) is 33.9. The fraction of sp³-hybridized carbons (Fsp3) is 0.0588. The number of nitrogens with one attached hydrogen (secondary N) is 1. The van der Waals surface area contributed by atoms with E-state index in [4.69, 9.17) is 10.8 Å². The number of carbonyl (C=O) groups excluding carboxylic acids is 1. The van der Waals surface area contributed by atoms with Crippen molar-refractivity contribution in [1.82, 2.24) is 20.2 Å². The minimum atomic E-state index is -0.268. The van der Waals surface area contributed by atoms with Gasteiger partial charge in [-0.1, -0.05) is 121 Å². The Kier molecular flexibility index (Phi) is 10.8. The number of hydrazine groups is 1. The minimum Gasteiger partial charge on any atom is -0.342 e. The molecule has 0 saturated heterocycles. The second-order valence-corrected chi connectivity index (χ2v) is 15.3. The first kappa shape index (κ1) is 39.0. The van der Waals surface area contributed by atoms with E-state index in [1.54, 1.807) is 17.8 Å². The zero-order chi connectivity index (χ0) is 41.9. The average molecular weight is 815 g/mol. The number of rotatable bonds is 2. The number of para-hydroxylation sites is 6. The van der Waals surface area contributed by atoms with Crippen molar-refractivity contribution in [2.75, 3.05) is 30.2 Å². The second kappa shape index (κ2) is 17.0. The number of amides is 1. The molecule has 61 heavy (non-hydrogen) atoms. The van der Waals surface area contributed by atoms with Crippen molar-refractivity contribution >= 4 is 72.7 Å². The lowest BCUT2D eigenvalue weighted by Gasteiger charge is -2.21. The molecule has 10 heteroatoms. The molecule has 0 fully saturated rings. The minimum absolute atomic E-state index is 0.268. The zero-order valence-corrected chi connectivity index (χ0v) is 34.7. The number of aromatic nitrogens is 3. The molecule has 1 amide bonds. The fourth-order valence-electron chi connectivity index (χ4n) is 7.88. The van der Waals surface area contributed by atoms with E-state index in [-0.39, 0.29) is 5.91 Å². The molecular weight excluding hydrogens is 773 g/mol. The number of benzene rings is 8. The molecule has 9 nitrogen and oxygen atoms in total. The summed E-state index contributed by atoms with van der Waals surface area (Å²) in [5.41, 5.74) is 12.7. The Morgan fingerprint density at radius 2 is 1.03 bits per heavy atom. The van der Waals surface area contributed by atoms with Crippen molar-refractivity contribution < 1.29 is 4.79 Å². The highest BCUT2D eigenvalue weighted by molar-refractivity contribution is 8.13. The summed E-state index contributed by atoms with van der Waals surface area (Å²) in [6, 6.07) is 61.6. The van der Waals surface area contributed by atoms with Gasteiger partial charge < -0.3 is 9.80 Å². The molecule has 0 aliphatic carbocycles. The van der Waals surface area contributed by atoms with Crippen LogP contribution < -0.4 is 21.1 Å². The lowest BCUT2D eigenvalue weighted by molar-refractivity contribution is 0.0953. The molecule has 2 aliphatic heterocycles. The van der Waals surface area contributed by atoms with Gasteiger partial charge in [0.25, 0.3) is 5.91 Å². The number of nitrogens with two attached hydrogens (primary N) is 1. The molecule has 1 aromatic heterocycles. The third-order valence-electron chi connectivity index (χ3n) is 11.0. The summed E-state index contributed by atoms with van der Waals surface area (Å²) in [5, 5.41) is 14.9. The SMILES string of the molecule is CN1c2ccccc2-c2nnc(-c3ccc4ccccc4c3)n2-c2ccccc21.CSC1=Nc2ccccc2N(C)c2ccccc21.NNC(=O)c1ccc2ccccc2c1. The van der Waals surface area contributed by atoms with E-state index in [9.17, 15) is 4.79 Å². The maximum Gasteiger partial charge on any atom is 0.265 e. The number of nitrogens with zero attached hydrogens (tertiary/aromatic N) is 6. The number of hydrogen-bond acceptors (Lipinski definition) is 8. The molecular formula is C51H42N8OS. The van der Waals surface area contributed by atoms with Crippen LogP contribution in [0.1, 0.15) is 15.9 Å². The predicted molar refractivity (Wildman–Crippen MR) is 254 cm³/mol. The summed E-state index contributed by atoms with van der Waals surface area (Å²) in [6.45, 7) is 0. The molecule has 0 radical (unpaired) electrons. The molecule has 9 aromatic rings. The van der Waals surface area contributed by atoms with Crippen LogP contribution in [0.5, 0.6) is 0 Å². The van der Waals surface area contributed by atoms with Crippen LogP contribution in [0.2, 0.25) is 0 Å². The van der Waals surface area contributed by atoms with Crippen LogP contribution in [0.4, 0.5) is 28.4 Å². The van der Waals surface area contributed by atoms with Gasteiger partial charge in [0.1, 0.15) is 5.04 Å². The maximum absolute atomic E-state index is 11.2. The fourth-order valence-corrected chi connectivity index (χ4v) is 8.46. The largest absolute Gasteiger partial charge is 0.342 e. The van der Waals surface area contributed by atoms with Gasteiger partial charge >= 0.3 is 0 Å². The van der Waals surface area contributed by atoms with Crippen LogP contribution in [0.3, 0.4) is 0 Å². The van der Waals surface area contributed by atoms with Crippen molar-refractivity contribution in [2.24, 2.45) is 10.8 Å². The van der Waals surface area contributed by atoms with Crippen molar-refractivity contribution in [3.8, 4) is 28.5 Å². The predicted octanol–water partition coefficient (Wildman–Crippen LogP) is 11.5. The van der Waals surface area contributed by atoms with Gasteiger partial charge in [-0.2, -0.15) is 0 Å². The summed E-state index contributed by atoms with van der Waals surface area (Å²) in [6.07, 6.45) is 2.07. The number of aliphatic imine (C=N–C) groups is 1. The van der Waals surface area contributed by atoms with Gasteiger partial charge in [-0.15, -0.1) is 22.0 Å². The van der Waals surface area contributed by atoms with E-state index in [2.05, 4.69) is 184 Å². The first-order valence-electron chi connectivity index (χ1n) is 19.8. The third-order valence-corrected chi connectivity index (χ3v) is 11.7. The smallest absolute Gasteiger partial charge is 0.265 e. The van der Waals surface area contributed by atoms with Gasteiger partial charge in [0.15, 0.2) is 11.6 Å². The summed E-state index contributed by atoms with van der Waals surface area (Å²) < 4.78 is 2.18. The molecule has 0 atom stereocenters. The molecule has 0 unspecified atom stereocenters. The lowest BCUT2D eigenvalue weighted by Crippen LogP contribution is -2.29. The maximum atomic E-state index is 11.2. The summed E-state index contributed by atoms with van der Waals surface area (Å²) in [5.74, 6) is 6.49. The van der Waals surface area contributed by atoms with Crippen LogP contribution in [-0.4, -0.2) is 46.1 Å². The van der Waals surface area contributed by atoms with Crippen molar-refractivity contribution in [3.05, 3.63) is 193 Å². The molecule has 0 spiro atoms. The van der Waals surface area contributed by atoms with Crippen molar-refractivity contribution in [2.45, 2.75) is 0 Å². The van der Waals surface area contributed by atoms with Crippen molar-refractivity contribution in [3.63, 3.8) is 0 Å². The Balaban J connectivity index is 0.000000127. The Bertz CT molecular complexity index is 3100. The monoisotopic (exact) mass is 814 g/mol. The van der Waals surface area contributed by atoms with E-state index in [1.165, 1.54) is 22.0 Å². The van der Waals surface area contributed by atoms with Crippen molar-refractivity contribution in [1.29, 1.82) is 0 Å². The molecule has 0 bridgehead atoms. The number of nitrogen functional groups attached to an aromatic ring is 1. The number of thioether (sulfide) groups is 1. The average Bonchev–Trinajstić information content (AvgIpc) is 3.69. The molecule has 3 N–H and O–H groups in total. The second-order valence-electron chi connectivity index (χ2n) is 14.5. The Morgan fingerprint density at radius 1 is 0.525 bits per heavy atom. The van der Waals surface area contributed by atoms with Crippen LogP contribution >= 0.6 is 11.8 Å². The summed E-state index contributed by atoms with van der Waals surface area (Å²) in [4.78, 5) is 20.4. The highest BCUT2D eigenvalue weighted by Crippen LogP contribution is 2.43. The lowest BCUT2D eigenvalue weighted by atomic mass is 10.1. The highest BCUT2D eigenvalue weighted by atomic mass is 32.2. The van der Waals surface area contributed by atoms with Gasteiger partial charge in [-0.3, -0.25) is 14.8 Å². The first-order chi connectivity index (χ1) is 29.9. The number of hydrogen-bond donors (Lipinski definition) is 2. The quantitative estimate of drug-likeness (QED) is 0.102. The molecule has 11 rings (SSSR count). The molecule has 3 heterocycles. The van der Waals surface area contributed by atoms with Gasteiger partial charge in [-0.25, -0.2) is 10.8 Å². The third kappa shape index (κ3) is 7.50. The molecule has 298 valence electrons. The molecule has 2 aliphatic rings. The van der Waals surface area contributed by atoms with Crippen LogP contribution in [-0.2, 0) is 0 Å². The van der Waals surface area contributed by atoms with Gasteiger partial charge in [0, 0.05) is 36.3 Å². The molecule has 8 aromatic carbocycles. The van der Waals surface area contributed by atoms with Gasteiger partial charge in [0.05, 0.1) is 34.1 Å². The van der Waals surface area contributed by atoms with E-state index in [0.717, 1.165) is 67.0 Å². The summed E-state index contributed by atoms with van der Waals surface area (Å²) >= 11 is 1.69. The first-order valence-corrected chi connectivity index (χ1v) is 21.1. The Hall–Kier alpha value is -7.53. The normalized spacial score (nSPS) is 12.1. The highest BCUT2D eigenvalue weighted by Gasteiger charge is 2.27. The van der Waals surface area contributed by atoms with E-state index < -0.39 is 0 Å². The number of carbonyl (C=O) groups is 1. The van der Waals surface area contributed by atoms with E-state index in [0.29, 0.717) is 5.56 Å². The summed E-state index contributed by atoms with van der Waals surface area (Å²) in [7, 11) is 4.20. The van der Waals surface area contributed by atoms with Crippen LogP contribution in [0.15, 0.2) is 187 Å². The topological polar surface area (TPSA) is 105 Å². The number of fused-ring (bicyclic) bond motifs is 9. The van der Waals surface area contributed by atoms with E-state index in [1.807, 2.05) is 42.5 Å².